The number of aliphatic hydroxyl groups excluding tert-OH is 1. The van der Waals surface area contributed by atoms with Gasteiger partial charge in [0.2, 0.25) is 0 Å². The van der Waals surface area contributed by atoms with E-state index in [1.165, 1.54) is 22.2 Å². The largest absolute Gasteiger partial charge is 0.386 e. The number of hydrogen-bond donors (Lipinski definition) is 1. The maximum absolute atomic E-state index is 13.8. The summed E-state index contributed by atoms with van der Waals surface area (Å²) in [4.78, 5) is 18.5. The van der Waals surface area contributed by atoms with Gasteiger partial charge in [-0.15, -0.1) is 11.3 Å². The van der Waals surface area contributed by atoms with Crippen LogP contribution in [0.3, 0.4) is 0 Å². The Morgan fingerprint density at radius 1 is 1.11 bits per heavy atom. The van der Waals surface area contributed by atoms with Gasteiger partial charge in [0, 0.05) is 10.4 Å². The molecule has 2 aromatic heterocycles. The van der Waals surface area contributed by atoms with Crippen LogP contribution in [0, 0.1) is 11.6 Å². The minimum absolute atomic E-state index is 0.197. The molecule has 7 heteroatoms. The van der Waals surface area contributed by atoms with E-state index >= 15 is 0 Å². The second kappa shape index (κ2) is 7.02. The molecule has 0 aliphatic rings. The van der Waals surface area contributed by atoms with Gasteiger partial charge in [0.1, 0.15) is 16.5 Å². The fourth-order valence-electron chi connectivity index (χ4n) is 2.89. The minimum Gasteiger partial charge on any atom is -0.386 e. The maximum atomic E-state index is 13.8. The summed E-state index contributed by atoms with van der Waals surface area (Å²) in [7, 11) is 0. The molecular weight excluding hydrogens is 370 g/mol. The van der Waals surface area contributed by atoms with Crippen molar-refractivity contribution >= 4 is 21.6 Å². The first kappa shape index (κ1) is 17.5. The number of benzene rings is 2. The number of hydrogen-bond acceptors (Lipinski definition) is 4. The number of nitrogens with zero attached hydrogens (tertiary/aromatic N) is 2. The minimum atomic E-state index is -1.37. The van der Waals surface area contributed by atoms with Crippen molar-refractivity contribution in [2.24, 2.45) is 0 Å². The first-order chi connectivity index (χ1) is 13.0. The lowest BCUT2D eigenvalue weighted by atomic mass is 10.1. The molecule has 0 saturated heterocycles. The monoisotopic (exact) mass is 384 g/mol. The first-order valence-electron chi connectivity index (χ1n) is 8.20. The van der Waals surface area contributed by atoms with E-state index in [1.807, 2.05) is 30.3 Å². The zero-order chi connectivity index (χ0) is 19.0. The van der Waals surface area contributed by atoms with Crippen LogP contribution in [-0.4, -0.2) is 14.7 Å². The van der Waals surface area contributed by atoms with Crippen LogP contribution in [0.2, 0.25) is 0 Å². The molecule has 27 heavy (non-hydrogen) atoms. The van der Waals surface area contributed by atoms with Gasteiger partial charge in [-0.2, -0.15) is 0 Å². The average Bonchev–Trinajstić information content (AvgIpc) is 3.12. The summed E-state index contributed by atoms with van der Waals surface area (Å²) in [6.07, 6.45) is -0.0546. The first-order valence-corrected chi connectivity index (χ1v) is 9.02. The highest BCUT2D eigenvalue weighted by molar-refractivity contribution is 7.21. The fraction of sp³-hybridized carbons (Fsp3) is 0.100. The van der Waals surface area contributed by atoms with E-state index in [9.17, 15) is 18.7 Å². The van der Waals surface area contributed by atoms with Crippen LogP contribution in [0.1, 0.15) is 11.7 Å². The van der Waals surface area contributed by atoms with Crippen LogP contribution in [0.4, 0.5) is 8.78 Å². The van der Waals surface area contributed by atoms with Crippen LogP contribution in [0.5, 0.6) is 0 Å². The Kier molecular flexibility index (Phi) is 4.55. The lowest BCUT2D eigenvalue weighted by Crippen LogP contribution is -2.23. The van der Waals surface area contributed by atoms with Gasteiger partial charge in [-0.25, -0.2) is 13.8 Å². The summed E-state index contributed by atoms with van der Waals surface area (Å²) in [5, 5.41) is 10.7. The van der Waals surface area contributed by atoms with E-state index in [-0.39, 0.29) is 17.7 Å². The predicted octanol–water partition coefficient (Wildman–Crippen LogP) is 4.14. The number of thiophene rings is 1. The Bertz CT molecular complexity index is 1170. The van der Waals surface area contributed by atoms with E-state index in [1.54, 1.807) is 6.07 Å². The molecule has 136 valence electrons. The molecule has 1 N–H and O–H groups in total. The summed E-state index contributed by atoms with van der Waals surface area (Å²) < 4.78 is 28.4. The van der Waals surface area contributed by atoms with Gasteiger partial charge in [-0.05, 0) is 29.8 Å². The Morgan fingerprint density at radius 2 is 1.89 bits per heavy atom. The standard InChI is InChI=1S/C20H14F2N2O2S/c21-13-6-7-16(22)14(8-13)17(25)10-24-11-23-19-15(20(24)26)9-18(27-19)12-4-2-1-3-5-12/h1-9,11,17,25H,10H2/t17-/m0/s1. The lowest BCUT2D eigenvalue weighted by Gasteiger charge is -2.13. The Hall–Kier alpha value is -2.90. The molecular formula is C20H14F2N2O2S. The van der Waals surface area contributed by atoms with Crippen molar-refractivity contribution in [1.82, 2.24) is 9.55 Å². The maximum Gasteiger partial charge on any atom is 0.262 e. The van der Waals surface area contributed by atoms with Crippen molar-refractivity contribution in [2.75, 3.05) is 0 Å². The third kappa shape index (κ3) is 3.39. The van der Waals surface area contributed by atoms with Gasteiger partial charge in [0.15, 0.2) is 0 Å². The van der Waals surface area contributed by atoms with Crippen molar-refractivity contribution in [3.05, 3.63) is 88.5 Å². The van der Waals surface area contributed by atoms with Crippen LogP contribution in [-0.2, 0) is 6.54 Å². The van der Waals surface area contributed by atoms with Crippen LogP contribution in [0.25, 0.3) is 20.7 Å². The summed E-state index contributed by atoms with van der Waals surface area (Å²) in [6, 6.07) is 14.2. The van der Waals surface area contributed by atoms with E-state index in [4.69, 9.17) is 0 Å². The molecule has 2 aromatic carbocycles. The normalized spacial score (nSPS) is 12.4. The third-order valence-corrected chi connectivity index (χ3v) is 5.36. The molecule has 4 aromatic rings. The highest BCUT2D eigenvalue weighted by atomic mass is 32.1. The number of rotatable bonds is 4. The van der Waals surface area contributed by atoms with Gasteiger partial charge in [0.25, 0.3) is 5.56 Å². The molecule has 0 fully saturated rings. The van der Waals surface area contributed by atoms with Crippen LogP contribution < -0.4 is 5.56 Å². The number of halogens is 2. The van der Waals surface area contributed by atoms with E-state index in [0.29, 0.717) is 10.2 Å². The second-order valence-corrected chi connectivity index (χ2v) is 7.11. The molecule has 2 heterocycles. The smallest absolute Gasteiger partial charge is 0.262 e. The van der Waals surface area contributed by atoms with Crippen LogP contribution in [0.15, 0.2) is 65.7 Å². The highest BCUT2D eigenvalue weighted by Crippen LogP contribution is 2.30. The number of aliphatic hydroxyl groups is 1. The van der Waals surface area contributed by atoms with Gasteiger partial charge in [0.05, 0.1) is 24.4 Å². The molecule has 0 spiro atoms. The lowest BCUT2D eigenvalue weighted by molar-refractivity contribution is 0.150. The van der Waals surface area contributed by atoms with E-state index in [2.05, 4.69) is 4.98 Å². The molecule has 0 bridgehead atoms. The molecule has 0 saturated carbocycles. The molecule has 1 atom stereocenters. The van der Waals surface area contributed by atoms with E-state index in [0.717, 1.165) is 28.6 Å². The molecule has 0 radical (unpaired) electrons. The average molecular weight is 384 g/mol. The molecule has 0 unspecified atom stereocenters. The molecule has 4 nitrogen and oxygen atoms in total. The third-order valence-electron chi connectivity index (χ3n) is 4.26. The quantitative estimate of drug-likeness (QED) is 0.575. The SMILES string of the molecule is O=c1c2cc(-c3ccccc3)sc2ncn1C[C@H](O)c1cc(F)ccc1F. The van der Waals surface area contributed by atoms with Crippen LogP contribution >= 0.6 is 11.3 Å². The van der Waals surface area contributed by atoms with E-state index < -0.39 is 17.7 Å². The van der Waals surface area contributed by atoms with Gasteiger partial charge < -0.3 is 5.11 Å². The molecule has 0 aliphatic heterocycles. The van der Waals surface area contributed by atoms with Crippen molar-refractivity contribution < 1.29 is 13.9 Å². The van der Waals surface area contributed by atoms with Gasteiger partial charge in [-0.1, -0.05) is 30.3 Å². The molecule has 0 aliphatic carbocycles. The van der Waals surface area contributed by atoms with Crippen molar-refractivity contribution in [1.29, 1.82) is 0 Å². The highest BCUT2D eigenvalue weighted by Gasteiger charge is 2.17. The van der Waals surface area contributed by atoms with Gasteiger partial charge in [-0.3, -0.25) is 9.36 Å². The molecule has 0 amide bonds. The predicted molar refractivity (Wildman–Crippen MR) is 101 cm³/mol. The Labute approximate surface area is 157 Å². The van der Waals surface area contributed by atoms with Crippen molar-refractivity contribution in [3.63, 3.8) is 0 Å². The zero-order valence-electron chi connectivity index (χ0n) is 14.0. The zero-order valence-corrected chi connectivity index (χ0v) is 14.8. The fourth-order valence-corrected chi connectivity index (χ4v) is 3.88. The summed E-state index contributed by atoms with van der Waals surface area (Å²) in [6.45, 7) is -0.224. The summed E-state index contributed by atoms with van der Waals surface area (Å²) in [5.74, 6) is -1.38. The van der Waals surface area contributed by atoms with Crippen molar-refractivity contribution in [3.8, 4) is 10.4 Å². The number of aromatic nitrogens is 2. The Morgan fingerprint density at radius 3 is 2.67 bits per heavy atom. The summed E-state index contributed by atoms with van der Waals surface area (Å²) in [5.41, 5.74) is 0.444. The molecule has 4 rings (SSSR count). The van der Waals surface area contributed by atoms with Gasteiger partial charge >= 0.3 is 0 Å². The second-order valence-electron chi connectivity index (χ2n) is 6.08. The summed E-state index contributed by atoms with van der Waals surface area (Å²) >= 11 is 1.40. The Balaban J connectivity index is 1.70. The van der Waals surface area contributed by atoms with Crippen molar-refractivity contribution in [2.45, 2.75) is 12.6 Å². The number of fused-ring (bicyclic) bond motifs is 1. The topological polar surface area (TPSA) is 55.1 Å².